The number of nitrogens with one attached hydrogen (secondary N) is 1. The van der Waals surface area contributed by atoms with E-state index >= 15 is 0 Å². The molecule has 2 heterocycles. The lowest BCUT2D eigenvalue weighted by Gasteiger charge is -2.36. The first-order chi connectivity index (χ1) is 8.58. The molecule has 1 unspecified atom stereocenters. The van der Waals surface area contributed by atoms with Crippen LogP contribution in [0.15, 0.2) is 12.4 Å². The number of aromatic nitrogens is 2. The zero-order chi connectivity index (χ0) is 13.1. The molecule has 0 radical (unpaired) electrons. The van der Waals surface area contributed by atoms with E-state index in [0.29, 0.717) is 12.0 Å². The summed E-state index contributed by atoms with van der Waals surface area (Å²) in [6, 6.07) is 2.60. The van der Waals surface area contributed by atoms with Gasteiger partial charge < -0.3 is 15.1 Å². The maximum Gasteiger partial charge on any atom is 0.134 e. The van der Waals surface area contributed by atoms with Gasteiger partial charge in [0.05, 0.1) is 0 Å². The second kappa shape index (κ2) is 5.52. The van der Waals surface area contributed by atoms with Gasteiger partial charge in [0.1, 0.15) is 18.0 Å². The summed E-state index contributed by atoms with van der Waals surface area (Å²) in [7, 11) is 4.00. The Morgan fingerprint density at radius 3 is 2.83 bits per heavy atom. The molecule has 1 saturated heterocycles. The van der Waals surface area contributed by atoms with E-state index in [1.807, 2.05) is 19.0 Å². The van der Waals surface area contributed by atoms with Crippen LogP contribution in [-0.2, 0) is 0 Å². The Morgan fingerprint density at radius 2 is 2.17 bits per heavy atom. The Bertz CT molecular complexity index is 391. The van der Waals surface area contributed by atoms with Crippen molar-refractivity contribution in [3.8, 4) is 0 Å². The van der Waals surface area contributed by atoms with Crippen molar-refractivity contribution in [3.63, 3.8) is 0 Å². The molecule has 1 aliphatic heterocycles. The van der Waals surface area contributed by atoms with Crippen LogP contribution >= 0.6 is 0 Å². The molecule has 2 rings (SSSR count). The van der Waals surface area contributed by atoms with Crippen molar-refractivity contribution in [2.75, 3.05) is 43.5 Å². The van der Waals surface area contributed by atoms with E-state index < -0.39 is 0 Å². The zero-order valence-corrected chi connectivity index (χ0v) is 11.7. The van der Waals surface area contributed by atoms with E-state index in [2.05, 4.69) is 40.1 Å². The molecule has 5 heteroatoms. The molecule has 0 bridgehead atoms. The molecule has 0 aromatic carbocycles. The van der Waals surface area contributed by atoms with Gasteiger partial charge in [-0.15, -0.1) is 0 Å². The molecule has 0 spiro atoms. The molecule has 100 valence electrons. The average molecular weight is 249 g/mol. The quantitative estimate of drug-likeness (QED) is 0.865. The maximum absolute atomic E-state index is 4.40. The maximum atomic E-state index is 4.40. The highest BCUT2D eigenvalue weighted by molar-refractivity contribution is 5.49. The van der Waals surface area contributed by atoms with Crippen LogP contribution in [-0.4, -0.2) is 49.7 Å². The van der Waals surface area contributed by atoms with Crippen molar-refractivity contribution >= 4 is 11.6 Å². The van der Waals surface area contributed by atoms with Crippen molar-refractivity contribution in [3.05, 3.63) is 12.4 Å². The number of hydrogen-bond acceptors (Lipinski definition) is 5. The van der Waals surface area contributed by atoms with Crippen LogP contribution in [0.1, 0.15) is 13.8 Å². The molecular weight excluding hydrogens is 226 g/mol. The van der Waals surface area contributed by atoms with Gasteiger partial charge in [0.15, 0.2) is 0 Å². The van der Waals surface area contributed by atoms with Crippen LogP contribution in [0.2, 0.25) is 0 Å². The first-order valence-corrected chi connectivity index (χ1v) is 6.55. The largest absolute Gasteiger partial charge is 0.363 e. The van der Waals surface area contributed by atoms with Crippen LogP contribution in [0, 0.1) is 5.92 Å². The van der Waals surface area contributed by atoms with Gasteiger partial charge in [-0.25, -0.2) is 9.97 Å². The minimum atomic E-state index is 0.538. The summed E-state index contributed by atoms with van der Waals surface area (Å²) in [6.07, 6.45) is 1.65. The fraction of sp³-hybridized carbons (Fsp3) is 0.692. The molecule has 1 aromatic rings. The minimum absolute atomic E-state index is 0.538. The lowest BCUT2D eigenvalue weighted by molar-refractivity contribution is 0.367. The van der Waals surface area contributed by atoms with E-state index in [0.717, 1.165) is 31.3 Å². The van der Waals surface area contributed by atoms with E-state index in [1.165, 1.54) is 0 Å². The molecule has 1 aromatic heterocycles. The normalized spacial score (nSPS) is 20.3. The van der Waals surface area contributed by atoms with Crippen LogP contribution < -0.4 is 15.1 Å². The summed E-state index contributed by atoms with van der Waals surface area (Å²) in [6.45, 7) is 7.55. The Kier molecular flexibility index (Phi) is 4.01. The van der Waals surface area contributed by atoms with Crippen LogP contribution in [0.3, 0.4) is 0 Å². The van der Waals surface area contributed by atoms with Gasteiger partial charge in [0.25, 0.3) is 0 Å². The van der Waals surface area contributed by atoms with Crippen molar-refractivity contribution in [2.24, 2.45) is 5.92 Å². The molecule has 0 saturated carbocycles. The van der Waals surface area contributed by atoms with E-state index in [4.69, 9.17) is 0 Å². The standard InChI is InChI=1S/C13H23N5/c1-10(2)11-8-18(6-5-14-11)13-7-12(17(3)4)15-9-16-13/h7,9-11,14H,5-6,8H2,1-4H3. The van der Waals surface area contributed by atoms with Crippen molar-refractivity contribution in [1.82, 2.24) is 15.3 Å². The number of piperazine rings is 1. The fourth-order valence-corrected chi connectivity index (χ4v) is 2.19. The Labute approximate surface area is 109 Å². The number of anilines is 2. The number of hydrogen-bond donors (Lipinski definition) is 1. The van der Waals surface area contributed by atoms with Gasteiger partial charge in [-0.05, 0) is 5.92 Å². The minimum Gasteiger partial charge on any atom is -0.363 e. The van der Waals surface area contributed by atoms with Gasteiger partial charge >= 0.3 is 0 Å². The Hall–Kier alpha value is -1.36. The third kappa shape index (κ3) is 2.90. The third-order valence-corrected chi connectivity index (χ3v) is 3.43. The average Bonchev–Trinajstić information content (AvgIpc) is 2.39. The molecule has 1 aliphatic rings. The van der Waals surface area contributed by atoms with Crippen molar-refractivity contribution < 1.29 is 0 Å². The van der Waals surface area contributed by atoms with E-state index in [-0.39, 0.29) is 0 Å². The molecule has 5 nitrogen and oxygen atoms in total. The SMILES string of the molecule is CC(C)C1CN(c2cc(N(C)C)ncn2)CCN1. The molecule has 0 amide bonds. The Balaban J connectivity index is 2.13. The topological polar surface area (TPSA) is 44.3 Å². The monoisotopic (exact) mass is 249 g/mol. The molecule has 1 atom stereocenters. The van der Waals surface area contributed by atoms with Gasteiger partial charge in [-0.3, -0.25) is 0 Å². The van der Waals surface area contributed by atoms with Crippen molar-refractivity contribution in [1.29, 1.82) is 0 Å². The predicted octanol–water partition coefficient (Wildman–Crippen LogP) is 0.977. The summed E-state index contributed by atoms with van der Waals surface area (Å²) in [4.78, 5) is 13.0. The second-order valence-electron chi connectivity index (χ2n) is 5.38. The number of rotatable bonds is 3. The number of nitrogens with zero attached hydrogens (tertiary/aromatic N) is 4. The molecular formula is C13H23N5. The van der Waals surface area contributed by atoms with Gasteiger partial charge in [-0.2, -0.15) is 0 Å². The van der Waals surface area contributed by atoms with Crippen molar-refractivity contribution in [2.45, 2.75) is 19.9 Å². The zero-order valence-electron chi connectivity index (χ0n) is 11.7. The Morgan fingerprint density at radius 1 is 1.39 bits per heavy atom. The first-order valence-electron chi connectivity index (χ1n) is 6.55. The predicted molar refractivity (Wildman–Crippen MR) is 75.2 cm³/mol. The molecule has 18 heavy (non-hydrogen) atoms. The summed E-state index contributed by atoms with van der Waals surface area (Å²) >= 11 is 0. The lowest BCUT2D eigenvalue weighted by atomic mass is 10.0. The lowest BCUT2D eigenvalue weighted by Crippen LogP contribution is -2.53. The second-order valence-corrected chi connectivity index (χ2v) is 5.38. The molecule has 0 aliphatic carbocycles. The van der Waals surface area contributed by atoms with Gasteiger partial charge in [0.2, 0.25) is 0 Å². The third-order valence-electron chi connectivity index (χ3n) is 3.43. The van der Waals surface area contributed by atoms with Crippen LogP contribution in [0.4, 0.5) is 11.6 Å². The highest BCUT2D eigenvalue weighted by atomic mass is 15.3. The van der Waals surface area contributed by atoms with E-state index in [1.54, 1.807) is 6.33 Å². The van der Waals surface area contributed by atoms with E-state index in [9.17, 15) is 0 Å². The summed E-state index contributed by atoms with van der Waals surface area (Å²) in [5.41, 5.74) is 0. The van der Waals surface area contributed by atoms with Crippen LogP contribution in [0.5, 0.6) is 0 Å². The van der Waals surface area contributed by atoms with Crippen LogP contribution in [0.25, 0.3) is 0 Å². The highest BCUT2D eigenvalue weighted by Gasteiger charge is 2.22. The first kappa shape index (κ1) is 13.1. The smallest absolute Gasteiger partial charge is 0.134 e. The molecule has 1 fully saturated rings. The fourth-order valence-electron chi connectivity index (χ4n) is 2.19. The summed E-state index contributed by atoms with van der Waals surface area (Å²) in [5.74, 6) is 2.63. The summed E-state index contributed by atoms with van der Waals surface area (Å²) in [5, 5.41) is 3.56. The van der Waals surface area contributed by atoms with Gasteiger partial charge in [0, 0.05) is 45.8 Å². The summed E-state index contributed by atoms with van der Waals surface area (Å²) < 4.78 is 0. The molecule has 1 N–H and O–H groups in total. The highest BCUT2D eigenvalue weighted by Crippen LogP contribution is 2.18. The van der Waals surface area contributed by atoms with Gasteiger partial charge in [-0.1, -0.05) is 13.8 Å².